The summed E-state index contributed by atoms with van der Waals surface area (Å²) in [6.45, 7) is 6.98. The minimum atomic E-state index is 0.227. The molecule has 0 saturated heterocycles. The molecular formula is C12H15NO. The quantitative estimate of drug-likeness (QED) is 0.701. The van der Waals surface area contributed by atoms with Crippen LogP contribution in [-0.2, 0) is 6.54 Å². The number of fused-ring (bicyclic) bond motifs is 1. The molecule has 0 saturated carbocycles. The fourth-order valence-corrected chi connectivity index (χ4v) is 1.64. The Balaban J connectivity index is 2.36. The van der Waals surface area contributed by atoms with E-state index in [1.165, 1.54) is 16.7 Å². The average molecular weight is 189 g/mol. The van der Waals surface area contributed by atoms with Crippen molar-refractivity contribution < 1.29 is 4.74 Å². The lowest BCUT2D eigenvalue weighted by Crippen LogP contribution is -2.07. The average Bonchev–Trinajstić information content (AvgIpc) is 2.51. The topological polar surface area (TPSA) is 21.6 Å². The molecule has 0 bridgehead atoms. The Hall–Kier alpha value is -1.31. The Morgan fingerprint density at radius 2 is 2.14 bits per heavy atom. The van der Waals surface area contributed by atoms with Gasteiger partial charge in [0.15, 0.2) is 0 Å². The second-order valence-corrected chi connectivity index (χ2v) is 3.95. The van der Waals surface area contributed by atoms with E-state index in [2.05, 4.69) is 24.0 Å². The Kier molecular flexibility index (Phi) is 2.28. The Bertz CT molecular complexity index is 380. The zero-order chi connectivity index (χ0) is 10.1. The third-order valence-corrected chi connectivity index (χ3v) is 2.29. The minimum Gasteiger partial charge on any atom is -0.491 e. The second kappa shape index (κ2) is 3.45. The summed E-state index contributed by atoms with van der Waals surface area (Å²) >= 11 is 0. The van der Waals surface area contributed by atoms with Crippen molar-refractivity contribution in [3.05, 3.63) is 28.8 Å². The van der Waals surface area contributed by atoms with E-state index in [9.17, 15) is 0 Å². The van der Waals surface area contributed by atoms with Gasteiger partial charge in [-0.3, -0.25) is 4.99 Å². The maximum absolute atomic E-state index is 5.71. The smallest absolute Gasteiger partial charge is 0.123 e. The van der Waals surface area contributed by atoms with Crippen molar-refractivity contribution in [2.75, 3.05) is 0 Å². The van der Waals surface area contributed by atoms with Gasteiger partial charge < -0.3 is 4.74 Å². The molecule has 1 aliphatic rings. The van der Waals surface area contributed by atoms with Crippen LogP contribution in [0, 0.1) is 6.92 Å². The molecular weight excluding hydrogens is 174 g/mol. The van der Waals surface area contributed by atoms with Gasteiger partial charge in [-0.15, -0.1) is 0 Å². The van der Waals surface area contributed by atoms with Crippen LogP contribution in [-0.4, -0.2) is 12.3 Å². The van der Waals surface area contributed by atoms with E-state index in [4.69, 9.17) is 4.74 Å². The van der Waals surface area contributed by atoms with Gasteiger partial charge in [-0.2, -0.15) is 0 Å². The summed E-state index contributed by atoms with van der Waals surface area (Å²) in [6.07, 6.45) is 2.15. The molecule has 1 aromatic rings. The zero-order valence-corrected chi connectivity index (χ0v) is 8.87. The van der Waals surface area contributed by atoms with Gasteiger partial charge in [-0.1, -0.05) is 0 Å². The SMILES string of the molecule is Cc1cc2c(cc1OC(C)C)C=NC2. The third kappa shape index (κ3) is 1.65. The van der Waals surface area contributed by atoms with Crippen LogP contribution < -0.4 is 4.74 Å². The molecule has 74 valence electrons. The second-order valence-electron chi connectivity index (χ2n) is 3.95. The molecule has 0 atom stereocenters. The highest BCUT2D eigenvalue weighted by atomic mass is 16.5. The molecule has 2 nitrogen and oxygen atoms in total. The standard InChI is InChI=1S/C12H15NO/c1-8(2)14-12-5-11-7-13-6-10(11)4-9(12)3/h4-5,7-8H,6H2,1-3H3. The maximum Gasteiger partial charge on any atom is 0.123 e. The first-order valence-corrected chi connectivity index (χ1v) is 4.97. The van der Waals surface area contributed by atoms with Crippen molar-refractivity contribution in [3.8, 4) is 5.75 Å². The van der Waals surface area contributed by atoms with Crippen molar-refractivity contribution in [2.24, 2.45) is 4.99 Å². The lowest BCUT2D eigenvalue weighted by atomic mass is 10.1. The number of hydrogen-bond donors (Lipinski definition) is 0. The number of ether oxygens (including phenoxy) is 1. The van der Waals surface area contributed by atoms with E-state index in [1.54, 1.807) is 0 Å². The highest BCUT2D eigenvalue weighted by Gasteiger charge is 2.10. The van der Waals surface area contributed by atoms with Gasteiger partial charge in [0, 0.05) is 11.8 Å². The van der Waals surface area contributed by atoms with Gasteiger partial charge in [-0.25, -0.2) is 0 Å². The molecule has 0 radical (unpaired) electrons. The van der Waals surface area contributed by atoms with E-state index in [0.717, 1.165) is 12.3 Å². The highest BCUT2D eigenvalue weighted by molar-refractivity contribution is 5.85. The molecule has 2 heteroatoms. The molecule has 1 aromatic carbocycles. The number of benzene rings is 1. The summed E-state index contributed by atoms with van der Waals surface area (Å²) in [5, 5.41) is 0. The number of aliphatic imine (C=N–C) groups is 1. The first-order valence-electron chi connectivity index (χ1n) is 4.97. The number of rotatable bonds is 2. The summed E-state index contributed by atoms with van der Waals surface area (Å²) in [6, 6.07) is 4.25. The lowest BCUT2D eigenvalue weighted by molar-refractivity contribution is 0.240. The van der Waals surface area contributed by atoms with Gasteiger partial charge in [0.1, 0.15) is 5.75 Å². The predicted molar refractivity (Wildman–Crippen MR) is 58.2 cm³/mol. The molecule has 0 N–H and O–H groups in total. The summed E-state index contributed by atoms with van der Waals surface area (Å²) in [4.78, 5) is 4.23. The molecule has 2 rings (SSSR count). The fourth-order valence-electron chi connectivity index (χ4n) is 1.64. The van der Waals surface area contributed by atoms with E-state index in [-0.39, 0.29) is 6.10 Å². The summed E-state index contributed by atoms with van der Waals surface area (Å²) in [5.41, 5.74) is 3.70. The summed E-state index contributed by atoms with van der Waals surface area (Å²) in [7, 11) is 0. The predicted octanol–water partition coefficient (Wildman–Crippen LogP) is 2.71. The molecule has 0 aromatic heterocycles. The van der Waals surface area contributed by atoms with Gasteiger partial charge in [-0.05, 0) is 44.0 Å². The zero-order valence-electron chi connectivity index (χ0n) is 8.87. The van der Waals surface area contributed by atoms with E-state index < -0.39 is 0 Å². The largest absolute Gasteiger partial charge is 0.491 e. The molecule has 0 fully saturated rings. The Labute approximate surface area is 84.6 Å². The van der Waals surface area contributed by atoms with Crippen molar-refractivity contribution in [1.82, 2.24) is 0 Å². The van der Waals surface area contributed by atoms with Gasteiger partial charge >= 0.3 is 0 Å². The van der Waals surface area contributed by atoms with E-state index in [0.29, 0.717) is 0 Å². The molecule has 0 aliphatic carbocycles. The van der Waals surface area contributed by atoms with Crippen molar-refractivity contribution in [3.63, 3.8) is 0 Å². The van der Waals surface area contributed by atoms with Crippen LogP contribution in [0.5, 0.6) is 5.75 Å². The molecule has 0 amide bonds. The first kappa shape index (κ1) is 9.25. The Morgan fingerprint density at radius 3 is 2.86 bits per heavy atom. The third-order valence-electron chi connectivity index (χ3n) is 2.29. The monoisotopic (exact) mass is 189 g/mol. The van der Waals surface area contributed by atoms with Crippen LogP contribution in [0.25, 0.3) is 0 Å². The Morgan fingerprint density at radius 1 is 1.36 bits per heavy atom. The highest BCUT2D eigenvalue weighted by Crippen LogP contribution is 2.26. The van der Waals surface area contributed by atoms with Crippen molar-refractivity contribution in [2.45, 2.75) is 33.4 Å². The normalized spacial score (nSPS) is 13.4. The van der Waals surface area contributed by atoms with Crippen LogP contribution in [0.2, 0.25) is 0 Å². The molecule has 1 heterocycles. The minimum absolute atomic E-state index is 0.227. The molecule has 0 spiro atoms. The molecule has 1 aliphatic heterocycles. The molecule has 14 heavy (non-hydrogen) atoms. The van der Waals surface area contributed by atoms with E-state index in [1.807, 2.05) is 20.1 Å². The van der Waals surface area contributed by atoms with Crippen molar-refractivity contribution >= 4 is 6.21 Å². The summed E-state index contributed by atoms with van der Waals surface area (Å²) in [5.74, 6) is 0.979. The fraction of sp³-hybridized carbons (Fsp3) is 0.417. The van der Waals surface area contributed by atoms with Crippen molar-refractivity contribution in [1.29, 1.82) is 0 Å². The van der Waals surface area contributed by atoms with Crippen LogP contribution in [0.3, 0.4) is 0 Å². The summed E-state index contributed by atoms with van der Waals surface area (Å²) < 4.78 is 5.71. The van der Waals surface area contributed by atoms with Crippen LogP contribution in [0.4, 0.5) is 0 Å². The number of hydrogen-bond acceptors (Lipinski definition) is 2. The van der Waals surface area contributed by atoms with Crippen LogP contribution >= 0.6 is 0 Å². The van der Waals surface area contributed by atoms with Crippen LogP contribution in [0.1, 0.15) is 30.5 Å². The number of aryl methyl sites for hydroxylation is 1. The van der Waals surface area contributed by atoms with E-state index >= 15 is 0 Å². The lowest BCUT2D eigenvalue weighted by Gasteiger charge is -2.13. The maximum atomic E-state index is 5.71. The van der Waals surface area contributed by atoms with Crippen LogP contribution in [0.15, 0.2) is 17.1 Å². The van der Waals surface area contributed by atoms with Gasteiger partial charge in [0.25, 0.3) is 0 Å². The first-order chi connectivity index (χ1) is 6.66. The number of nitrogens with zero attached hydrogens (tertiary/aromatic N) is 1. The van der Waals surface area contributed by atoms with Gasteiger partial charge in [0.2, 0.25) is 0 Å². The molecule has 0 unspecified atom stereocenters. The van der Waals surface area contributed by atoms with Gasteiger partial charge in [0.05, 0.1) is 12.6 Å².